The lowest BCUT2D eigenvalue weighted by atomic mass is 10.0. The standard InChI is InChI=1S/C26H21F3N4O2/c27-18-7-4-6-17(12-18)23-10-5-11-32(23)26(34)25-31-30-24(33(25)21-8-2-1-3-9-21)16-35-22-14-19(28)13-20(29)15-22/h1-4,6-9,12-15,23H,5,10-11,16H2/t23-/m1/s1. The van der Waals surface area contributed by atoms with Crippen LogP contribution in [0.1, 0.15) is 40.9 Å². The third-order valence-electron chi connectivity index (χ3n) is 5.89. The van der Waals surface area contributed by atoms with Crippen molar-refractivity contribution in [3.05, 3.63) is 107 Å². The van der Waals surface area contributed by atoms with Crippen molar-refractivity contribution in [1.82, 2.24) is 19.7 Å². The number of hydrogen-bond acceptors (Lipinski definition) is 4. The predicted octanol–water partition coefficient (Wildman–Crippen LogP) is 5.24. The summed E-state index contributed by atoms with van der Waals surface area (Å²) < 4.78 is 48.1. The Hall–Kier alpha value is -4.14. The van der Waals surface area contributed by atoms with Crippen LogP contribution in [0, 0.1) is 17.5 Å². The van der Waals surface area contributed by atoms with Crippen molar-refractivity contribution >= 4 is 5.91 Å². The molecule has 1 aliphatic rings. The van der Waals surface area contributed by atoms with E-state index in [2.05, 4.69) is 10.2 Å². The van der Waals surface area contributed by atoms with E-state index in [9.17, 15) is 18.0 Å². The second-order valence-electron chi connectivity index (χ2n) is 8.22. The zero-order valence-electron chi connectivity index (χ0n) is 18.6. The number of likely N-dealkylation sites (tertiary alicyclic amines) is 1. The normalized spacial score (nSPS) is 15.4. The first-order valence-corrected chi connectivity index (χ1v) is 11.1. The van der Waals surface area contributed by atoms with Crippen LogP contribution < -0.4 is 4.74 Å². The topological polar surface area (TPSA) is 60.2 Å². The van der Waals surface area contributed by atoms with Crippen LogP contribution in [0.4, 0.5) is 13.2 Å². The molecule has 9 heteroatoms. The molecule has 1 saturated heterocycles. The van der Waals surface area contributed by atoms with Crippen molar-refractivity contribution in [3.8, 4) is 11.4 Å². The Morgan fingerprint density at radius 1 is 0.914 bits per heavy atom. The van der Waals surface area contributed by atoms with E-state index in [0.717, 1.165) is 30.2 Å². The minimum absolute atomic E-state index is 0.0105. The Labute approximate surface area is 199 Å². The van der Waals surface area contributed by atoms with Gasteiger partial charge in [0.15, 0.2) is 5.82 Å². The minimum Gasteiger partial charge on any atom is -0.485 e. The summed E-state index contributed by atoms with van der Waals surface area (Å²) in [7, 11) is 0. The molecule has 0 spiro atoms. The molecule has 5 rings (SSSR count). The van der Waals surface area contributed by atoms with Gasteiger partial charge in [-0.1, -0.05) is 30.3 Å². The average molecular weight is 478 g/mol. The zero-order valence-corrected chi connectivity index (χ0v) is 18.6. The number of nitrogens with zero attached hydrogens (tertiary/aromatic N) is 4. The van der Waals surface area contributed by atoms with Crippen molar-refractivity contribution in [1.29, 1.82) is 0 Å². The first kappa shape index (κ1) is 22.6. The van der Waals surface area contributed by atoms with Gasteiger partial charge in [0.2, 0.25) is 5.82 Å². The van der Waals surface area contributed by atoms with Crippen molar-refractivity contribution in [2.45, 2.75) is 25.5 Å². The Bertz CT molecular complexity index is 1340. The van der Waals surface area contributed by atoms with Crippen molar-refractivity contribution in [2.24, 2.45) is 0 Å². The van der Waals surface area contributed by atoms with Crippen LogP contribution in [0.2, 0.25) is 0 Å². The molecule has 0 radical (unpaired) electrons. The fourth-order valence-electron chi connectivity index (χ4n) is 4.36. The Kier molecular flexibility index (Phi) is 6.22. The molecule has 178 valence electrons. The molecule has 0 unspecified atom stereocenters. The number of benzene rings is 3. The molecule has 0 N–H and O–H groups in total. The first-order valence-electron chi connectivity index (χ1n) is 11.1. The van der Waals surface area contributed by atoms with Crippen molar-refractivity contribution < 1.29 is 22.7 Å². The maximum atomic E-state index is 13.8. The molecule has 0 saturated carbocycles. The maximum absolute atomic E-state index is 13.8. The van der Waals surface area contributed by atoms with Crippen molar-refractivity contribution in [2.75, 3.05) is 6.54 Å². The number of halogens is 3. The molecule has 1 atom stereocenters. The molecular weight excluding hydrogens is 457 g/mol. The third kappa shape index (κ3) is 4.75. The zero-order chi connectivity index (χ0) is 24.4. The van der Waals surface area contributed by atoms with Crippen molar-refractivity contribution in [3.63, 3.8) is 0 Å². The molecule has 3 aromatic carbocycles. The van der Waals surface area contributed by atoms with Crippen LogP contribution in [0.3, 0.4) is 0 Å². The van der Waals surface area contributed by atoms with E-state index >= 15 is 0 Å². The van der Waals surface area contributed by atoms with Gasteiger partial charge >= 0.3 is 0 Å². The molecule has 2 heterocycles. The number of ether oxygens (including phenoxy) is 1. The summed E-state index contributed by atoms with van der Waals surface area (Å²) in [4.78, 5) is 15.3. The molecule has 4 aromatic rings. The largest absolute Gasteiger partial charge is 0.485 e. The third-order valence-corrected chi connectivity index (χ3v) is 5.89. The van der Waals surface area contributed by atoms with Gasteiger partial charge in [0.05, 0.1) is 6.04 Å². The summed E-state index contributed by atoms with van der Waals surface area (Å²) in [5.74, 6) is -1.90. The molecule has 6 nitrogen and oxygen atoms in total. The van der Waals surface area contributed by atoms with E-state index < -0.39 is 11.6 Å². The van der Waals surface area contributed by atoms with Crippen LogP contribution >= 0.6 is 0 Å². The summed E-state index contributed by atoms with van der Waals surface area (Å²) in [6, 6.07) is 17.9. The minimum atomic E-state index is -0.766. The van der Waals surface area contributed by atoms with E-state index in [1.165, 1.54) is 12.1 Å². The molecule has 1 aromatic heterocycles. The predicted molar refractivity (Wildman–Crippen MR) is 121 cm³/mol. The van der Waals surface area contributed by atoms with Crippen LogP contribution in [0.15, 0.2) is 72.8 Å². The highest BCUT2D eigenvalue weighted by atomic mass is 19.1. The summed E-state index contributed by atoms with van der Waals surface area (Å²) in [6.45, 7) is 0.321. The van der Waals surface area contributed by atoms with E-state index in [4.69, 9.17) is 4.74 Å². The molecule has 1 aliphatic heterocycles. The molecule has 0 aliphatic carbocycles. The maximum Gasteiger partial charge on any atom is 0.292 e. The average Bonchev–Trinajstić information content (AvgIpc) is 3.50. The highest BCUT2D eigenvalue weighted by Gasteiger charge is 2.34. The Morgan fingerprint density at radius 2 is 1.69 bits per heavy atom. The number of rotatable bonds is 6. The molecular formula is C26H21F3N4O2. The van der Waals surface area contributed by atoms with Gasteiger partial charge in [0, 0.05) is 30.4 Å². The van der Waals surface area contributed by atoms with E-state index in [0.29, 0.717) is 18.7 Å². The highest BCUT2D eigenvalue weighted by molar-refractivity contribution is 5.92. The van der Waals surface area contributed by atoms with Crippen LogP contribution in [0.5, 0.6) is 5.75 Å². The number of carbonyl (C=O) groups is 1. The summed E-state index contributed by atoms with van der Waals surface area (Å²) in [5, 5.41) is 8.30. The van der Waals surface area contributed by atoms with Gasteiger partial charge in [0.1, 0.15) is 29.8 Å². The van der Waals surface area contributed by atoms with Crippen LogP contribution in [0.25, 0.3) is 5.69 Å². The number of para-hydroxylation sites is 1. The van der Waals surface area contributed by atoms with Gasteiger partial charge in [-0.3, -0.25) is 9.36 Å². The van der Waals surface area contributed by atoms with Gasteiger partial charge < -0.3 is 9.64 Å². The Balaban J connectivity index is 1.48. The second kappa shape index (κ2) is 9.61. The van der Waals surface area contributed by atoms with Gasteiger partial charge in [-0.25, -0.2) is 13.2 Å². The lowest BCUT2D eigenvalue weighted by molar-refractivity contribution is 0.0720. The highest BCUT2D eigenvalue weighted by Crippen LogP contribution is 2.33. The summed E-state index contributed by atoms with van der Waals surface area (Å²) in [6.07, 6.45) is 1.48. The second-order valence-corrected chi connectivity index (χ2v) is 8.22. The molecule has 1 fully saturated rings. The SMILES string of the molecule is O=C(c1nnc(COc2cc(F)cc(F)c2)n1-c1ccccc1)N1CCC[C@@H]1c1cccc(F)c1. The van der Waals surface area contributed by atoms with E-state index in [-0.39, 0.29) is 41.8 Å². The monoisotopic (exact) mass is 478 g/mol. The van der Waals surface area contributed by atoms with Gasteiger partial charge in [-0.15, -0.1) is 10.2 Å². The van der Waals surface area contributed by atoms with Crippen LogP contribution in [-0.4, -0.2) is 32.1 Å². The van der Waals surface area contributed by atoms with Gasteiger partial charge in [0.25, 0.3) is 5.91 Å². The summed E-state index contributed by atoms with van der Waals surface area (Å²) in [5.41, 5.74) is 1.35. The quantitative estimate of drug-likeness (QED) is 0.380. The lowest BCUT2D eigenvalue weighted by Crippen LogP contribution is -2.32. The van der Waals surface area contributed by atoms with E-state index in [1.54, 1.807) is 33.7 Å². The van der Waals surface area contributed by atoms with Crippen LogP contribution in [-0.2, 0) is 6.61 Å². The van der Waals surface area contributed by atoms with Gasteiger partial charge in [-0.2, -0.15) is 0 Å². The number of hydrogen-bond donors (Lipinski definition) is 0. The van der Waals surface area contributed by atoms with E-state index in [1.807, 2.05) is 18.2 Å². The molecule has 1 amide bonds. The Morgan fingerprint density at radius 3 is 2.43 bits per heavy atom. The number of carbonyl (C=O) groups excluding carboxylic acids is 1. The first-order chi connectivity index (χ1) is 17.0. The molecule has 35 heavy (non-hydrogen) atoms. The fraction of sp³-hybridized carbons (Fsp3) is 0.192. The smallest absolute Gasteiger partial charge is 0.292 e. The summed E-state index contributed by atoms with van der Waals surface area (Å²) >= 11 is 0. The number of amides is 1. The fourth-order valence-corrected chi connectivity index (χ4v) is 4.36. The van der Waals surface area contributed by atoms with Gasteiger partial charge in [-0.05, 0) is 42.7 Å². The number of aromatic nitrogens is 3. The molecule has 0 bridgehead atoms. The lowest BCUT2D eigenvalue weighted by Gasteiger charge is -2.25.